The zero-order valence-electron chi connectivity index (χ0n) is 11.1. The fourth-order valence-electron chi connectivity index (χ4n) is 2.44. The summed E-state index contributed by atoms with van der Waals surface area (Å²) in [6.07, 6.45) is 4.09. The first-order valence-corrected chi connectivity index (χ1v) is 7.26. The molecule has 2 aromatic rings. The van der Waals surface area contributed by atoms with Crippen LogP contribution in [-0.2, 0) is 24.0 Å². The summed E-state index contributed by atoms with van der Waals surface area (Å²) in [6.45, 7) is 1.98. The average Bonchev–Trinajstić information content (AvgIpc) is 3.05. The molecule has 1 atom stereocenters. The predicted octanol–water partition coefficient (Wildman–Crippen LogP) is 2.45. The Morgan fingerprint density at radius 2 is 2.32 bits per heavy atom. The van der Waals surface area contributed by atoms with Crippen molar-refractivity contribution in [2.75, 3.05) is 12.8 Å². The summed E-state index contributed by atoms with van der Waals surface area (Å²) in [5, 5.41) is 4.80. The lowest BCUT2D eigenvalue weighted by Crippen LogP contribution is -2.09. The van der Waals surface area contributed by atoms with Gasteiger partial charge in [0.2, 0.25) is 0 Å². The largest absolute Gasteiger partial charge is 0.390 e. The first-order chi connectivity index (χ1) is 9.19. The topological polar surface area (TPSA) is 74.2 Å². The van der Waals surface area contributed by atoms with E-state index >= 15 is 0 Å². The van der Waals surface area contributed by atoms with Gasteiger partial charge < -0.3 is 15.0 Å². The number of thiophene rings is 1. The summed E-state index contributed by atoms with van der Waals surface area (Å²) in [5.41, 5.74) is 8.35. The third-order valence-corrected chi connectivity index (χ3v) is 4.62. The van der Waals surface area contributed by atoms with Crippen LogP contribution in [0.1, 0.15) is 29.6 Å². The Kier molecular flexibility index (Phi) is 3.28. The minimum Gasteiger partial charge on any atom is -0.390 e. The number of methoxy groups -OCH3 is 1. The standard InChI is InChI=1S/C13H17N3O2S/c1-7(17-2)6-10-15-13(18-16-10)11-8-4-3-5-9(8)19-12(11)14/h7H,3-6,14H2,1-2H3. The second kappa shape index (κ2) is 4.94. The Balaban J connectivity index is 1.91. The van der Waals surface area contributed by atoms with Gasteiger partial charge in [-0.3, -0.25) is 0 Å². The van der Waals surface area contributed by atoms with Crippen molar-refractivity contribution >= 4 is 16.3 Å². The summed E-state index contributed by atoms with van der Waals surface area (Å²) in [7, 11) is 1.68. The summed E-state index contributed by atoms with van der Waals surface area (Å²) in [6, 6.07) is 0. The van der Waals surface area contributed by atoms with Crippen LogP contribution in [0.25, 0.3) is 11.5 Å². The Morgan fingerprint density at radius 3 is 3.11 bits per heavy atom. The highest BCUT2D eigenvalue weighted by molar-refractivity contribution is 7.16. The van der Waals surface area contributed by atoms with Crippen molar-refractivity contribution in [3.05, 3.63) is 16.3 Å². The van der Waals surface area contributed by atoms with Crippen LogP contribution < -0.4 is 5.73 Å². The van der Waals surface area contributed by atoms with Crippen LogP contribution in [-0.4, -0.2) is 23.4 Å². The van der Waals surface area contributed by atoms with Gasteiger partial charge in [-0.25, -0.2) is 0 Å². The molecule has 1 unspecified atom stereocenters. The van der Waals surface area contributed by atoms with Crippen LogP contribution >= 0.6 is 11.3 Å². The van der Waals surface area contributed by atoms with E-state index in [-0.39, 0.29) is 6.10 Å². The number of nitrogens with two attached hydrogens (primary N) is 1. The molecule has 0 fully saturated rings. The highest BCUT2D eigenvalue weighted by Gasteiger charge is 2.25. The minimum absolute atomic E-state index is 0.0796. The third-order valence-electron chi connectivity index (χ3n) is 3.50. The number of aryl methyl sites for hydroxylation is 1. The number of nitrogens with zero attached hydrogens (tertiary/aromatic N) is 2. The highest BCUT2D eigenvalue weighted by atomic mass is 32.1. The minimum atomic E-state index is 0.0796. The van der Waals surface area contributed by atoms with Crippen molar-refractivity contribution in [1.82, 2.24) is 10.1 Å². The second-order valence-electron chi connectivity index (χ2n) is 4.86. The third kappa shape index (κ3) is 2.26. The highest BCUT2D eigenvalue weighted by Crippen LogP contribution is 2.42. The molecule has 1 aliphatic rings. The number of hydrogen-bond acceptors (Lipinski definition) is 6. The van der Waals surface area contributed by atoms with Gasteiger partial charge in [-0.05, 0) is 31.7 Å². The van der Waals surface area contributed by atoms with E-state index in [0.717, 1.165) is 23.4 Å². The summed E-state index contributed by atoms with van der Waals surface area (Å²) >= 11 is 1.65. The van der Waals surface area contributed by atoms with E-state index in [1.807, 2.05) is 6.92 Å². The lowest BCUT2D eigenvalue weighted by molar-refractivity contribution is 0.116. The van der Waals surface area contributed by atoms with Gasteiger partial charge in [0.15, 0.2) is 5.82 Å². The molecule has 0 amide bonds. The maximum atomic E-state index is 6.09. The molecule has 0 radical (unpaired) electrons. The Morgan fingerprint density at radius 1 is 1.47 bits per heavy atom. The van der Waals surface area contributed by atoms with Crippen LogP contribution in [0, 0.1) is 0 Å². The smallest absolute Gasteiger partial charge is 0.261 e. The molecule has 0 saturated carbocycles. The van der Waals surface area contributed by atoms with Crippen molar-refractivity contribution in [2.24, 2.45) is 0 Å². The van der Waals surface area contributed by atoms with Gasteiger partial charge in [0.1, 0.15) is 0 Å². The van der Waals surface area contributed by atoms with E-state index in [4.69, 9.17) is 15.0 Å². The molecule has 5 nitrogen and oxygen atoms in total. The number of ether oxygens (including phenoxy) is 1. The number of fused-ring (bicyclic) bond motifs is 1. The SMILES string of the molecule is COC(C)Cc1noc(-c2c(N)sc3c2CCC3)n1. The van der Waals surface area contributed by atoms with Gasteiger partial charge in [-0.1, -0.05) is 5.16 Å². The molecule has 0 saturated heterocycles. The molecule has 2 heterocycles. The quantitative estimate of drug-likeness (QED) is 0.930. The van der Waals surface area contributed by atoms with Gasteiger partial charge >= 0.3 is 0 Å². The zero-order valence-corrected chi connectivity index (χ0v) is 11.9. The van der Waals surface area contributed by atoms with Gasteiger partial charge in [0.25, 0.3) is 5.89 Å². The van der Waals surface area contributed by atoms with Crippen molar-refractivity contribution in [3.8, 4) is 11.5 Å². The fraction of sp³-hybridized carbons (Fsp3) is 0.538. The zero-order chi connectivity index (χ0) is 13.4. The van der Waals surface area contributed by atoms with Crippen LogP contribution in [0.2, 0.25) is 0 Å². The molecule has 6 heteroatoms. The van der Waals surface area contributed by atoms with Crippen molar-refractivity contribution < 1.29 is 9.26 Å². The normalized spacial score (nSPS) is 15.7. The van der Waals surface area contributed by atoms with E-state index in [1.165, 1.54) is 16.9 Å². The Bertz CT molecular complexity index is 591. The van der Waals surface area contributed by atoms with Crippen molar-refractivity contribution in [3.63, 3.8) is 0 Å². The first kappa shape index (κ1) is 12.6. The maximum absolute atomic E-state index is 6.09. The molecule has 2 N–H and O–H groups in total. The fourth-order valence-corrected chi connectivity index (χ4v) is 3.59. The van der Waals surface area contributed by atoms with E-state index in [1.54, 1.807) is 18.4 Å². The molecule has 0 spiro atoms. The number of nitrogen functional groups attached to an aromatic ring is 1. The monoisotopic (exact) mass is 279 g/mol. The average molecular weight is 279 g/mol. The molecule has 0 aromatic carbocycles. The van der Waals surface area contributed by atoms with Crippen LogP contribution in [0.5, 0.6) is 0 Å². The Labute approximate surface area is 115 Å². The molecular formula is C13H17N3O2S. The molecule has 3 rings (SSSR count). The van der Waals surface area contributed by atoms with Gasteiger partial charge in [-0.15, -0.1) is 11.3 Å². The number of aromatic nitrogens is 2. The van der Waals surface area contributed by atoms with Gasteiger partial charge in [-0.2, -0.15) is 4.98 Å². The summed E-state index contributed by atoms with van der Waals surface area (Å²) < 4.78 is 10.6. The van der Waals surface area contributed by atoms with E-state index in [2.05, 4.69) is 10.1 Å². The van der Waals surface area contributed by atoms with E-state index < -0.39 is 0 Å². The van der Waals surface area contributed by atoms with Crippen molar-refractivity contribution in [1.29, 1.82) is 0 Å². The number of anilines is 1. The Hall–Kier alpha value is -1.40. The van der Waals surface area contributed by atoms with Crippen LogP contribution in [0.15, 0.2) is 4.52 Å². The van der Waals surface area contributed by atoms with Crippen LogP contribution in [0.3, 0.4) is 0 Å². The molecular weight excluding hydrogens is 262 g/mol. The molecule has 0 aliphatic heterocycles. The van der Waals surface area contributed by atoms with Gasteiger partial charge in [0.05, 0.1) is 16.7 Å². The molecule has 1 aliphatic carbocycles. The lowest BCUT2D eigenvalue weighted by Gasteiger charge is -2.04. The number of rotatable bonds is 4. The lowest BCUT2D eigenvalue weighted by atomic mass is 10.1. The maximum Gasteiger partial charge on any atom is 0.261 e. The van der Waals surface area contributed by atoms with Crippen LogP contribution in [0.4, 0.5) is 5.00 Å². The van der Waals surface area contributed by atoms with Crippen molar-refractivity contribution in [2.45, 2.75) is 38.7 Å². The summed E-state index contributed by atoms with van der Waals surface area (Å²) in [4.78, 5) is 5.82. The molecule has 19 heavy (non-hydrogen) atoms. The van der Waals surface area contributed by atoms with E-state index in [9.17, 15) is 0 Å². The van der Waals surface area contributed by atoms with Gasteiger partial charge in [0, 0.05) is 18.4 Å². The van der Waals surface area contributed by atoms with E-state index in [0.29, 0.717) is 18.1 Å². The number of hydrogen-bond donors (Lipinski definition) is 1. The molecule has 0 bridgehead atoms. The predicted molar refractivity (Wildman–Crippen MR) is 74.2 cm³/mol. The molecule has 2 aromatic heterocycles. The molecule has 102 valence electrons. The second-order valence-corrected chi connectivity index (χ2v) is 6.00. The first-order valence-electron chi connectivity index (χ1n) is 6.44. The summed E-state index contributed by atoms with van der Waals surface area (Å²) in [5.74, 6) is 1.22.